The van der Waals surface area contributed by atoms with E-state index in [1.165, 1.54) is 18.4 Å². The van der Waals surface area contributed by atoms with Crippen LogP contribution in [0.4, 0.5) is 8.78 Å². The highest BCUT2D eigenvalue weighted by atomic mass is 19.1. The minimum atomic E-state index is -0.621. The molecule has 4 aromatic rings. The van der Waals surface area contributed by atoms with Gasteiger partial charge in [-0.15, -0.1) is 0 Å². The van der Waals surface area contributed by atoms with Gasteiger partial charge in [-0.25, -0.2) is 13.8 Å². The van der Waals surface area contributed by atoms with Crippen LogP contribution in [0, 0.1) is 11.6 Å². The molecular weight excluding hydrogens is 448 g/mol. The number of carbonyl (C=O) groups is 1. The number of oxazole rings is 1. The van der Waals surface area contributed by atoms with Crippen LogP contribution in [0.2, 0.25) is 0 Å². The average molecular weight is 476 g/mol. The Hall–Kier alpha value is -3.84. The fourth-order valence-corrected chi connectivity index (χ4v) is 3.92. The molecule has 180 valence electrons. The normalized spacial score (nSPS) is 12.0. The van der Waals surface area contributed by atoms with Crippen molar-refractivity contribution in [3.63, 3.8) is 0 Å². The number of hydrogen-bond acceptors (Lipinski definition) is 4. The van der Waals surface area contributed by atoms with Gasteiger partial charge in [0.05, 0.1) is 6.54 Å². The van der Waals surface area contributed by atoms with Gasteiger partial charge in [0.25, 0.3) is 5.91 Å². The zero-order valence-electron chi connectivity index (χ0n) is 19.7. The summed E-state index contributed by atoms with van der Waals surface area (Å²) < 4.78 is 33.5. The first-order valence-corrected chi connectivity index (χ1v) is 11.4. The van der Waals surface area contributed by atoms with E-state index in [2.05, 4.69) is 4.98 Å². The van der Waals surface area contributed by atoms with E-state index in [4.69, 9.17) is 4.42 Å². The fourth-order valence-electron chi connectivity index (χ4n) is 3.92. The number of hydrogen-bond donors (Lipinski definition) is 0. The largest absolute Gasteiger partial charge is 0.447 e. The Morgan fingerprint density at radius 1 is 0.943 bits per heavy atom. The van der Waals surface area contributed by atoms with Gasteiger partial charge in [-0.05, 0) is 24.1 Å². The molecule has 0 saturated heterocycles. The number of halogens is 2. The second kappa shape index (κ2) is 11.1. The van der Waals surface area contributed by atoms with E-state index >= 15 is 0 Å². The van der Waals surface area contributed by atoms with Crippen LogP contribution < -0.4 is 0 Å². The van der Waals surface area contributed by atoms with Crippen LogP contribution in [0.5, 0.6) is 0 Å². The van der Waals surface area contributed by atoms with Crippen molar-refractivity contribution < 1.29 is 18.0 Å². The van der Waals surface area contributed by atoms with Crippen LogP contribution in [0.25, 0.3) is 0 Å². The predicted octanol–water partition coefficient (Wildman–Crippen LogP) is 5.99. The maximum atomic E-state index is 14.4. The monoisotopic (exact) mass is 475 g/mol. The minimum absolute atomic E-state index is 0.118. The summed E-state index contributed by atoms with van der Waals surface area (Å²) in [7, 11) is 1.71. The van der Waals surface area contributed by atoms with Crippen LogP contribution >= 0.6 is 0 Å². The molecule has 1 amide bonds. The minimum Gasteiger partial charge on any atom is -0.447 e. The molecule has 5 nitrogen and oxygen atoms in total. The Kier molecular flexibility index (Phi) is 7.67. The second-order valence-corrected chi connectivity index (χ2v) is 8.50. The average Bonchev–Trinajstić information content (AvgIpc) is 3.34. The van der Waals surface area contributed by atoms with Crippen molar-refractivity contribution in [3.8, 4) is 0 Å². The van der Waals surface area contributed by atoms with Gasteiger partial charge in [-0.2, -0.15) is 0 Å². The van der Waals surface area contributed by atoms with Crippen molar-refractivity contribution in [1.82, 2.24) is 14.8 Å². The Bertz CT molecular complexity index is 1260. The molecule has 7 heteroatoms. The summed E-state index contributed by atoms with van der Waals surface area (Å²) in [5.74, 6) is -1.15. The van der Waals surface area contributed by atoms with E-state index in [0.717, 1.165) is 17.2 Å². The van der Waals surface area contributed by atoms with E-state index in [9.17, 15) is 13.6 Å². The van der Waals surface area contributed by atoms with Gasteiger partial charge < -0.3 is 9.32 Å². The molecule has 0 aliphatic rings. The van der Waals surface area contributed by atoms with Crippen LogP contribution in [0.3, 0.4) is 0 Å². The first-order chi connectivity index (χ1) is 16.9. The summed E-state index contributed by atoms with van der Waals surface area (Å²) >= 11 is 0. The molecule has 0 aliphatic heterocycles. The predicted molar refractivity (Wildman–Crippen MR) is 129 cm³/mol. The molecule has 1 atom stereocenters. The van der Waals surface area contributed by atoms with E-state index < -0.39 is 11.6 Å². The molecular formula is C28H27F2N3O2. The molecule has 0 saturated carbocycles. The number of rotatable bonds is 9. The second-order valence-electron chi connectivity index (χ2n) is 8.50. The van der Waals surface area contributed by atoms with Crippen molar-refractivity contribution >= 4 is 5.91 Å². The van der Waals surface area contributed by atoms with Crippen LogP contribution in [0.1, 0.15) is 46.0 Å². The highest BCUT2D eigenvalue weighted by Crippen LogP contribution is 2.25. The number of aromatic nitrogens is 1. The molecule has 4 rings (SSSR count). The molecule has 35 heavy (non-hydrogen) atoms. The molecule has 1 heterocycles. The van der Waals surface area contributed by atoms with E-state index in [1.54, 1.807) is 11.9 Å². The summed E-state index contributed by atoms with van der Waals surface area (Å²) in [4.78, 5) is 20.8. The first-order valence-electron chi connectivity index (χ1n) is 11.4. The number of benzene rings is 3. The highest BCUT2D eigenvalue weighted by molar-refractivity contribution is 5.91. The molecule has 0 fully saturated rings. The van der Waals surface area contributed by atoms with Crippen molar-refractivity contribution in [2.45, 2.75) is 32.6 Å². The van der Waals surface area contributed by atoms with Crippen molar-refractivity contribution in [2.75, 3.05) is 7.05 Å². The lowest BCUT2D eigenvalue weighted by molar-refractivity contribution is 0.0779. The van der Waals surface area contributed by atoms with E-state index in [1.807, 2.05) is 72.5 Å². The Balaban J connectivity index is 1.52. The van der Waals surface area contributed by atoms with Gasteiger partial charge in [0.1, 0.15) is 17.9 Å². The highest BCUT2D eigenvalue weighted by Gasteiger charge is 2.22. The third-order valence-electron chi connectivity index (χ3n) is 5.94. The lowest BCUT2D eigenvalue weighted by Crippen LogP contribution is -2.28. The van der Waals surface area contributed by atoms with E-state index in [-0.39, 0.29) is 30.7 Å². The number of carbonyl (C=O) groups excluding carboxylic acids is 1. The molecule has 1 unspecified atom stereocenters. The zero-order valence-corrected chi connectivity index (χ0v) is 19.7. The molecule has 0 radical (unpaired) electrons. The van der Waals surface area contributed by atoms with Crippen molar-refractivity contribution in [1.29, 1.82) is 0 Å². The Morgan fingerprint density at radius 2 is 1.63 bits per heavy atom. The molecule has 0 spiro atoms. The van der Waals surface area contributed by atoms with Gasteiger partial charge in [0.15, 0.2) is 5.69 Å². The SMILES string of the molecule is CC(c1ccccc1)N(Cc1nc(C(=O)N(C)Cc2ccccc2)co1)Cc1ccc(F)cc1F. The summed E-state index contributed by atoms with van der Waals surface area (Å²) in [5, 5.41) is 0. The van der Waals surface area contributed by atoms with Crippen molar-refractivity contribution in [2.24, 2.45) is 0 Å². The van der Waals surface area contributed by atoms with Crippen LogP contribution in [-0.4, -0.2) is 27.7 Å². The van der Waals surface area contributed by atoms with Crippen LogP contribution in [-0.2, 0) is 19.6 Å². The Morgan fingerprint density at radius 3 is 2.31 bits per heavy atom. The molecule has 0 N–H and O–H groups in total. The van der Waals surface area contributed by atoms with Gasteiger partial charge in [-0.1, -0.05) is 66.7 Å². The maximum absolute atomic E-state index is 14.4. The van der Waals surface area contributed by atoms with Gasteiger partial charge >= 0.3 is 0 Å². The Labute approximate surface area is 203 Å². The van der Waals surface area contributed by atoms with Gasteiger partial charge in [-0.3, -0.25) is 9.69 Å². The molecule has 3 aromatic carbocycles. The quantitative estimate of drug-likeness (QED) is 0.298. The standard InChI is InChI=1S/C28H27F2N3O2/c1-20(22-11-7-4-8-12-22)33(17-23-13-14-24(29)15-25(23)30)18-27-31-26(19-35-27)28(34)32(2)16-21-9-5-3-6-10-21/h3-15,19-20H,16-18H2,1-2H3. The maximum Gasteiger partial charge on any atom is 0.275 e. The summed E-state index contributed by atoms with van der Waals surface area (Å²) in [6.45, 7) is 2.90. The fraction of sp³-hybridized carbons (Fsp3) is 0.214. The summed E-state index contributed by atoms with van der Waals surface area (Å²) in [5.41, 5.74) is 2.61. The summed E-state index contributed by atoms with van der Waals surface area (Å²) in [6.07, 6.45) is 1.35. The zero-order chi connectivity index (χ0) is 24.8. The topological polar surface area (TPSA) is 49.6 Å². The summed E-state index contributed by atoms with van der Waals surface area (Å²) in [6, 6.07) is 22.9. The smallest absolute Gasteiger partial charge is 0.275 e. The lowest BCUT2D eigenvalue weighted by atomic mass is 10.1. The third-order valence-corrected chi connectivity index (χ3v) is 5.94. The van der Waals surface area contributed by atoms with Crippen molar-refractivity contribution in [3.05, 3.63) is 125 Å². The number of nitrogens with zero attached hydrogens (tertiary/aromatic N) is 3. The van der Waals surface area contributed by atoms with Gasteiger partial charge in [0.2, 0.25) is 5.89 Å². The molecule has 1 aromatic heterocycles. The van der Waals surface area contributed by atoms with E-state index in [0.29, 0.717) is 18.0 Å². The first kappa shape index (κ1) is 24.3. The molecule has 0 bridgehead atoms. The third kappa shape index (κ3) is 6.19. The number of amides is 1. The van der Waals surface area contributed by atoms with Gasteiger partial charge in [0, 0.05) is 37.8 Å². The molecule has 0 aliphatic carbocycles. The van der Waals surface area contributed by atoms with Crippen LogP contribution in [0.15, 0.2) is 89.5 Å². The lowest BCUT2D eigenvalue weighted by Gasteiger charge is -2.28.